The first kappa shape index (κ1) is 21.5. The van der Waals surface area contributed by atoms with E-state index in [9.17, 15) is 4.79 Å². The summed E-state index contributed by atoms with van der Waals surface area (Å²) >= 11 is 1.78. The SMILES string of the molecule is CCC(=O)N1c2ccccc2Sc2c1cccc2-n1c2c(c3cc(C)ccc31)CN(CC)CC2. The second-order valence-electron chi connectivity index (χ2n) is 9.18. The second-order valence-corrected chi connectivity index (χ2v) is 10.2. The van der Waals surface area contributed by atoms with E-state index < -0.39 is 0 Å². The summed E-state index contributed by atoms with van der Waals surface area (Å²) in [5, 5.41) is 1.36. The summed E-state index contributed by atoms with van der Waals surface area (Å²) in [7, 11) is 0. The molecular formula is C29H29N3OS. The lowest BCUT2D eigenvalue weighted by molar-refractivity contribution is -0.117. The zero-order valence-electron chi connectivity index (χ0n) is 20.0. The van der Waals surface area contributed by atoms with E-state index in [1.165, 1.54) is 33.4 Å². The number of anilines is 2. The van der Waals surface area contributed by atoms with Gasteiger partial charge in [0.05, 0.1) is 27.5 Å². The van der Waals surface area contributed by atoms with E-state index in [1.807, 2.05) is 17.9 Å². The van der Waals surface area contributed by atoms with Gasteiger partial charge in [0.25, 0.3) is 0 Å². The van der Waals surface area contributed by atoms with Crippen molar-refractivity contribution in [1.82, 2.24) is 9.47 Å². The number of aromatic nitrogens is 1. The molecule has 2 aliphatic heterocycles. The normalized spacial score (nSPS) is 15.2. The fraction of sp³-hybridized carbons (Fsp3) is 0.276. The Hall–Kier alpha value is -3.02. The summed E-state index contributed by atoms with van der Waals surface area (Å²) < 4.78 is 2.48. The highest BCUT2D eigenvalue weighted by atomic mass is 32.2. The van der Waals surface area contributed by atoms with Gasteiger partial charge < -0.3 is 4.57 Å². The largest absolute Gasteiger partial charge is 0.312 e. The molecule has 3 heterocycles. The molecule has 2 aliphatic rings. The standard InChI is InChI=1S/C29H29N3OS/c1-4-28(33)32-24-9-6-7-12-27(24)34-29-25(10-8-11-26(29)32)31-22-14-13-19(3)17-20(22)21-18-30(5-2)16-15-23(21)31/h6-14,17H,4-5,15-16,18H2,1-3H3. The maximum absolute atomic E-state index is 13.1. The van der Waals surface area contributed by atoms with Crippen LogP contribution in [0.1, 0.15) is 37.1 Å². The fourth-order valence-electron chi connectivity index (χ4n) is 5.44. The summed E-state index contributed by atoms with van der Waals surface area (Å²) in [5.41, 5.74) is 8.55. The van der Waals surface area contributed by atoms with Crippen LogP contribution in [0.15, 0.2) is 70.5 Å². The number of carbonyl (C=O) groups excluding carboxylic acids is 1. The smallest absolute Gasteiger partial charge is 0.231 e. The first-order valence-electron chi connectivity index (χ1n) is 12.2. The quantitative estimate of drug-likeness (QED) is 0.330. The molecule has 0 atom stereocenters. The van der Waals surface area contributed by atoms with Crippen LogP contribution in [0, 0.1) is 6.92 Å². The average Bonchev–Trinajstić information content (AvgIpc) is 3.19. The van der Waals surface area contributed by atoms with E-state index in [0.29, 0.717) is 6.42 Å². The van der Waals surface area contributed by atoms with Gasteiger partial charge in [0.2, 0.25) is 5.91 Å². The number of aryl methyl sites for hydroxylation is 1. The predicted molar refractivity (Wildman–Crippen MR) is 141 cm³/mol. The Morgan fingerprint density at radius 3 is 2.59 bits per heavy atom. The first-order chi connectivity index (χ1) is 16.6. The molecule has 1 aromatic heterocycles. The predicted octanol–water partition coefficient (Wildman–Crippen LogP) is 6.86. The van der Waals surface area contributed by atoms with Crippen molar-refractivity contribution in [2.75, 3.05) is 18.0 Å². The summed E-state index contributed by atoms with van der Waals surface area (Å²) in [6, 6.07) is 21.5. The minimum Gasteiger partial charge on any atom is -0.312 e. The Labute approximate surface area is 205 Å². The van der Waals surface area contributed by atoms with Crippen LogP contribution in [0.4, 0.5) is 11.4 Å². The van der Waals surface area contributed by atoms with Gasteiger partial charge >= 0.3 is 0 Å². The molecule has 172 valence electrons. The maximum Gasteiger partial charge on any atom is 0.231 e. The molecule has 3 aromatic carbocycles. The molecule has 0 aliphatic carbocycles. The van der Waals surface area contributed by atoms with Crippen molar-refractivity contribution < 1.29 is 4.79 Å². The van der Waals surface area contributed by atoms with Crippen molar-refractivity contribution in [2.45, 2.75) is 49.9 Å². The lowest BCUT2D eigenvalue weighted by atomic mass is 10.0. The number of amides is 1. The van der Waals surface area contributed by atoms with Crippen molar-refractivity contribution in [3.63, 3.8) is 0 Å². The minimum absolute atomic E-state index is 0.125. The van der Waals surface area contributed by atoms with Crippen LogP contribution < -0.4 is 4.90 Å². The van der Waals surface area contributed by atoms with Gasteiger partial charge in [-0.05, 0) is 55.4 Å². The highest BCUT2D eigenvalue weighted by Gasteiger charge is 2.31. The summed E-state index contributed by atoms with van der Waals surface area (Å²) in [5.74, 6) is 0.125. The lowest BCUT2D eigenvalue weighted by Gasteiger charge is -2.33. The number of hydrogen-bond donors (Lipinski definition) is 0. The Bertz CT molecular complexity index is 1440. The fourth-order valence-corrected chi connectivity index (χ4v) is 6.60. The van der Waals surface area contributed by atoms with Crippen LogP contribution >= 0.6 is 11.8 Å². The summed E-state index contributed by atoms with van der Waals surface area (Å²) in [4.78, 5) is 19.9. The molecule has 34 heavy (non-hydrogen) atoms. The van der Waals surface area contributed by atoms with Crippen molar-refractivity contribution in [2.24, 2.45) is 0 Å². The van der Waals surface area contributed by atoms with Gasteiger partial charge in [-0.2, -0.15) is 0 Å². The van der Waals surface area contributed by atoms with E-state index in [1.54, 1.807) is 11.8 Å². The van der Waals surface area contributed by atoms with Gasteiger partial charge in [-0.3, -0.25) is 14.6 Å². The monoisotopic (exact) mass is 467 g/mol. The molecule has 0 saturated carbocycles. The third-order valence-corrected chi connectivity index (χ3v) is 8.34. The van der Waals surface area contributed by atoms with E-state index in [0.717, 1.165) is 47.2 Å². The number of rotatable bonds is 3. The lowest BCUT2D eigenvalue weighted by Crippen LogP contribution is -2.31. The van der Waals surface area contributed by atoms with E-state index >= 15 is 0 Å². The number of fused-ring (bicyclic) bond motifs is 5. The van der Waals surface area contributed by atoms with E-state index in [4.69, 9.17) is 0 Å². The first-order valence-corrected chi connectivity index (χ1v) is 13.0. The third kappa shape index (κ3) is 3.22. The average molecular weight is 468 g/mol. The molecule has 0 saturated heterocycles. The van der Waals surface area contributed by atoms with Crippen LogP contribution in [0.5, 0.6) is 0 Å². The summed E-state index contributed by atoms with van der Waals surface area (Å²) in [6.45, 7) is 9.49. The van der Waals surface area contributed by atoms with Crippen molar-refractivity contribution in [3.05, 3.63) is 77.5 Å². The summed E-state index contributed by atoms with van der Waals surface area (Å²) in [6.07, 6.45) is 1.50. The van der Waals surface area contributed by atoms with Crippen molar-refractivity contribution in [3.8, 4) is 5.69 Å². The minimum atomic E-state index is 0.125. The topological polar surface area (TPSA) is 28.5 Å². The Morgan fingerprint density at radius 1 is 0.971 bits per heavy atom. The molecule has 5 heteroatoms. The molecule has 4 nitrogen and oxygen atoms in total. The van der Waals surface area contributed by atoms with Gasteiger partial charge in [0.1, 0.15) is 0 Å². The molecule has 0 N–H and O–H groups in total. The van der Waals surface area contributed by atoms with Gasteiger partial charge in [-0.15, -0.1) is 0 Å². The zero-order chi connectivity index (χ0) is 23.4. The Balaban J connectivity index is 1.62. The van der Waals surface area contributed by atoms with E-state index in [-0.39, 0.29) is 5.91 Å². The zero-order valence-corrected chi connectivity index (χ0v) is 20.8. The number of para-hydroxylation sites is 1. The van der Waals surface area contributed by atoms with Gasteiger partial charge in [0, 0.05) is 41.9 Å². The molecule has 0 bridgehead atoms. The molecule has 1 amide bonds. The highest BCUT2D eigenvalue weighted by molar-refractivity contribution is 8.00. The van der Waals surface area contributed by atoms with Crippen LogP contribution in [-0.2, 0) is 17.8 Å². The van der Waals surface area contributed by atoms with Crippen molar-refractivity contribution in [1.29, 1.82) is 0 Å². The van der Waals surface area contributed by atoms with Crippen molar-refractivity contribution >= 4 is 39.9 Å². The highest BCUT2D eigenvalue weighted by Crippen LogP contribution is 2.51. The molecule has 4 aromatic rings. The molecule has 0 fully saturated rings. The van der Waals surface area contributed by atoms with Gasteiger partial charge in [-0.1, -0.05) is 55.4 Å². The number of nitrogens with zero attached hydrogens (tertiary/aromatic N) is 3. The molecular weight excluding hydrogens is 438 g/mol. The van der Waals surface area contributed by atoms with Gasteiger partial charge in [0.15, 0.2) is 0 Å². The Morgan fingerprint density at radius 2 is 1.76 bits per heavy atom. The third-order valence-electron chi connectivity index (χ3n) is 7.16. The second kappa shape index (κ2) is 8.33. The number of carbonyl (C=O) groups is 1. The maximum atomic E-state index is 13.1. The Kier molecular flexibility index (Phi) is 5.27. The molecule has 0 radical (unpaired) electrons. The number of hydrogen-bond acceptors (Lipinski definition) is 3. The van der Waals surface area contributed by atoms with Crippen LogP contribution in [0.2, 0.25) is 0 Å². The van der Waals surface area contributed by atoms with Crippen LogP contribution in [-0.4, -0.2) is 28.5 Å². The van der Waals surface area contributed by atoms with Crippen LogP contribution in [0.3, 0.4) is 0 Å². The molecule has 0 unspecified atom stereocenters. The van der Waals surface area contributed by atoms with Gasteiger partial charge in [-0.25, -0.2) is 0 Å². The molecule has 0 spiro atoms. The molecule has 6 rings (SSSR count). The van der Waals surface area contributed by atoms with E-state index in [2.05, 4.69) is 77.9 Å². The van der Waals surface area contributed by atoms with Crippen LogP contribution in [0.25, 0.3) is 16.6 Å². The number of likely N-dealkylation sites (N-methyl/N-ethyl adjacent to an activating group) is 1. The number of benzene rings is 3.